The van der Waals surface area contributed by atoms with Crippen LogP contribution in [0, 0.1) is 0 Å². The fourth-order valence-corrected chi connectivity index (χ4v) is 2.10. The molecular weight excluding hydrogens is 352 g/mol. The number of nitrogens with one attached hydrogen (secondary N) is 2. The van der Waals surface area contributed by atoms with E-state index in [0.717, 1.165) is 11.1 Å². The summed E-state index contributed by atoms with van der Waals surface area (Å²) in [5.41, 5.74) is 9.53. The molecule has 0 bridgehead atoms. The predicted octanol–water partition coefficient (Wildman–Crippen LogP) is 1.56. The Bertz CT molecular complexity index is 781. The number of nitrogens with zero attached hydrogens (tertiary/aromatic N) is 1. The molecule has 2 aromatic carbocycles. The Labute approximate surface area is 157 Å². The number of ether oxygens (including phenoxy) is 2. The Morgan fingerprint density at radius 2 is 2.00 bits per heavy atom. The Morgan fingerprint density at radius 1 is 1.23 bits per heavy atom. The molecule has 0 aliphatic carbocycles. The molecule has 0 atom stereocenters. The van der Waals surface area contributed by atoms with Gasteiger partial charge in [-0.05, 0) is 41.5 Å². The highest BCUT2D eigenvalue weighted by atomic mass is 32.1. The Balaban J connectivity index is 1.88. The van der Waals surface area contributed by atoms with E-state index in [-0.39, 0.29) is 17.6 Å². The summed E-state index contributed by atoms with van der Waals surface area (Å²) in [6, 6.07) is 14.8. The van der Waals surface area contributed by atoms with E-state index < -0.39 is 0 Å². The van der Waals surface area contributed by atoms with Gasteiger partial charge in [0.2, 0.25) is 0 Å². The predicted molar refractivity (Wildman–Crippen MR) is 104 cm³/mol. The van der Waals surface area contributed by atoms with E-state index in [2.05, 4.69) is 28.1 Å². The van der Waals surface area contributed by atoms with E-state index >= 15 is 0 Å². The molecule has 7 nitrogen and oxygen atoms in total. The summed E-state index contributed by atoms with van der Waals surface area (Å²) in [6.07, 6.45) is 1.54. The molecule has 136 valence electrons. The molecule has 0 heterocycles. The first-order valence-electron chi connectivity index (χ1n) is 7.78. The van der Waals surface area contributed by atoms with Gasteiger partial charge in [0.15, 0.2) is 23.2 Å². The lowest BCUT2D eigenvalue weighted by atomic mass is 10.2. The van der Waals surface area contributed by atoms with E-state index in [4.69, 9.17) is 15.2 Å². The van der Waals surface area contributed by atoms with Gasteiger partial charge in [0.1, 0.15) is 0 Å². The quantitative estimate of drug-likeness (QED) is 0.370. The number of methoxy groups -OCH3 is 1. The lowest BCUT2D eigenvalue weighted by Gasteiger charge is -2.11. The van der Waals surface area contributed by atoms with Gasteiger partial charge < -0.3 is 20.5 Å². The maximum Gasteiger partial charge on any atom is 0.258 e. The summed E-state index contributed by atoms with van der Waals surface area (Å²) in [7, 11) is 1.52. The van der Waals surface area contributed by atoms with Gasteiger partial charge in [0.05, 0.1) is 13.3 Å². The van der Waals surface area contributed by atoms with Gasteiger partial charge in [-0.3, -0.25) is 10.2 Å². The van der Waals surface area contributed by atoms with Crippen molar-refractivity contribution in [2.24, 2.45) is 10.8 Å². The maximum atomic E-state index is 11.9. The lowest BCUT2D eigenvalue weighted by Crippen LogP contribution is -2.28. The Morgan fingerprint density at radius 3 is 2.69 bits per heavy atom. The van der Waals surface area contributed by atoms with E-state index in [1.807, 2.05) is 30.3 Å². The molecule has 0 aliphatic rings. The van der Waals surface area contributed by atoms with Crippen molar-refractivity contribution in [3.8, 4) is 11.5 Å². The van der Waals surface area contributed by atoms with E-state index in [1.165, 1.54) is 13.3 Å². The van der Waals surface area contributed by atoms with Crippen LogP contribution in [0.25, 0.3) is 0 Å². The minimum atomic E-state index is -0.220. The second kappa shape index (κ2) is 10.00. The summed E-state index contributed by atoms with van der Waals surface area (Å²) in [6.45, 7) is 0.338. The summed E-state index contributed by atoms with van der Waals surface area (Å²) in [5, 5.41) is 6.75. The number of hydrogen-bond donors (Lipinski definition) is 3. The van der Waals surface area contributed by atoms with Crippen molar-refractivity contribution >= 4 is 29.5 Å². The largest absolute Gasteiger partial charge is 0.493 e. The van der Waals surface area contributed by atoms with Crippen LogP contribution in [0.2, 0.25) is 0 Å². The second-order valence-corrected chi connectivity index (χ2v) is 5.64. The minimum absolute atomic E-state index is 0.0784. The first kappa shape index (κ1) is 19.2. The van der Waals surface area contributed by atoms with Gasteiger partial charge >= 0.3 is 0 Å². The molecule has 0 aliphatic heterocycles. The maximum absolute atomic E-state index is 11.9. The molecule has 2 aromatic rings. The molecule has 0 fully saturated rings. The van der Waals surface area contributed by atoms with Crippen LogP contribution in [0.15, 0.2) is 53.6 Å². The highest BCUT2D eigenvalue weighted by molar-refractivity contribution is 7.80. The van der Waals surface area contributed by atoms with Crippen LogP contribution in [0.3, 0.4) is 0 Å². The molecule has 0 saturated heterocycles. The highest BCUT2D eigenvalue weighted by Gasteiger charge is 2.08. The van der Waals surface area contributed by atoms with E-state index in [0.29, 0.717) is 18.0 Å². The lowest BCUT2D eigenvalue weighted by molar-refractivity contribution is -0.123. The molecule has 0 saturated carbocycles. The molecule has 1 amide bonds. The Kier molecular flexibility index (Phi) is 7.38. The minimum Gasteiger partial charge on any atom is -0.493 e. The van der Waals surface area contributed by atoms with Gasteiger partial charge in [-0.1, -0.05) is 30.3 Å². The fraction of sp³-hybridized carbons (Fsp3) is 0.167. The summed E-state index contributed by atoms with van der Waals surface area (Å²) < 4.78 is 10.8. The van der Waals surface area contributed by atoms with Crippen LogP contribution < -0.4 is 25.9 Å². The van der Waals surface area contributed by atoms with Crippen LogP contribution in [-0.4, -0.2) is 31.0 Å². The van der Waals surface area contributed by atoms with Crippen LogP contribution in [0.4, 0.5) is 0 Å². The smallest absolute Gasteiger partial charge is 0.258 e. The molecule has 0 aromatic heterocycles. The molecule has 0 radical (unpaired) electrons. The molecular formula is C18H20N4O3S. The number of thiocarbonyl (C=S) groups is 1. The number of benzene rings is 2. The summed E-state index contributed by atoms with van der Waals surface area (Å²) in [4.78, 5) is 11.9. The normalized spacial score (nSPS) is 10.3. The van der Waals surface area contributed by atoms with Crippen molar-refractivity contribution in [2.75, 3.05) is 13.7 Å². The first-order chi connectivity index (χ1) is 12.6. The van der Waals surface area contributed by atoms with Gasteiger partial charge in [-0.2, -0.15) is 5.10 Å². The summed E-state index contributed by atoms with van der Waals surface area (Å²) in [5.74, 6) is 0.726. The third-order valence-corrected chi connectivity index (χ3v) is 3.36. The molecule has 0 unspecified atom stereocenters. The monoisotopic (exact) mass is 372 g/mol. The number of nitrogens with two attached hydrogens (primary N) is 1. The number of hydrogen-bond acceptors (Lipinski definition) is 5. The second-order valence-electron chi connectivity index (χ2n) is 5.20. The Hall–Kier alpha value is -3.13. The van der Waals surface area contributed by atoms with Crippen LogP contribution in [-0.2, 0) is 11.3 Å². The fourth-order valence-electron chi connectivity index (χ4n) is 2.04. The SMILES string of the molecule is COc1cc(/C=N/NC(N)=S)ccc1OCC(=O)NCc1ccccc1. The van der Waals surface area contributed by atoms with E-state index in [9.17, 15) is 4.79 Å². The topological polar surface area (TPSA) is 98.0 Å². The number of amides is 1. The molecule has 0 spiro atoms. The van der Waals surface area contributed by atoms with Crippen molar-refractivity contribution in [1.82, 2.24) is 10.7 Å². The standard InChI is InChI=1S/C18H20N4O3S/c1-24-16-9-14(11-21-22-18(19)26)7-8-15(16)25-12-17(23)20-10-13-5-3-2-4-6-13/h2-9,11H,10,12H2,1H3,(H,20,23)(H3,19,22,26)/b21-11+. The third kappa shape index (κ3) is 6.40. The van der Waals surface area contributed by atoms with E-state index in [1.54, 1.807) is 18.2 Å². The average Bonchev–Trinajstić information content (AvgIpc) is 2.65. The highest BCUT2D eigenvalue weighted by Crippen LogP contribution is 2.27. The summed E-state index contributed by atoms with van der Waals surface area (Å²) >= 11 is 4.66. The number of carbonyl (C=O) groups is 1. The number of rotatable bonds is 8. The van der Waals surface area contributed by atoms with Gasteiger partial charge in [0, 0.05) is 6.54 Å². The van der Waals surface area contributed by atoms with Crippen LogP contribution in [0.1, 0.15) is 11.1 Å². The third-order valence-electron chi connectivity index (χ3n) is 3.27. The van der Waals surface area contributed by atoms with Gasteiger partial charge in [-0.15, -0.1) is 0 Å². The molecule has 4 N–H and O–H groups in total. The van der Waals surface area contributed by atoms with Gasteiger partial charge in [0.25, 0.3) is 5.91 Å². The van der Waals surface area contributed by atoms with Crippen molar-refractivity contribution in [2.45, 2.75) is 6.54 Å². The van der Waals surface area contributed by atoms with Crippen molar-refractivity contribution in [1.29, 1.82) is 0 Å². The average molecular weight is 372 g/mol. The molecule has 8 heteroatoms. The van der Waals surface area contributed by atoms with Crippen molar-refractivity contribution in [3.63, 3.8) is 0 Å². The number of carbonyl (C=O) groups excluding carboxylic acids is 1. The zero-order chi connectivity index (χ0) is 18.8. The first-order valence-corrected chi connectivity index (χ1v) is 8.19. The zero-order valence-corrected chi connectivity index (χ0v) is 15.1. The number of hydrazone groups is 1. The van der Waals surface area contributed by atoms with Gasteiger partial charge in [-0.25, -0.2) is 0 Å². The van der Waals surface area contributed by atoms with Crippen LogP contribution >= 0.6 is 12.2 Å². The molecule has 2 rings (SSSR count). The molecule has 26 heavy (non-hydrogen) atoms. The van der Waals surface area contributed by atoms with Crippen molar-refractivity contribution < 1.29 is 14.3 Å². The van der Waals surface area contributed by atoms with Crippen molar-refractivity contribution in [3.05, 3.63) is 59.7 Å². The van der Waals surface area contributed by atoms with Crippen LogP contribution in [0.5, 0.6) is 11.5 Å². The zero-order valence-electron chi connectivity index (χ0n) is 14.3.